The number of anilines is 1. The molecule has 1 atom stereocenters. The summed E-state index contributed by atoms with van der Waals surface area (Å²) in [6.07, 6.45) is 2.53. The van der Waals surface area contributed by atoms with E-state index in [0.717, 1.165) is 11.3 Å². The predicted molar refractivity (Wildman–Crippen MR) is 82.4 cm³/mol. The summed E-state index contributed by atoms with van der Waals surface area (Å²) < 4.78 is 0. The van der Waals surface area contributed by atoms with Crippen molar-refractivity contribution in [2.45, 2.75) is 25.8 Å². The molecule has 0 fully saturated rings. The van der Waals surface area contributed by atoms with E-state index in [0.29, 0.717) is 12.1 Å². The second kappa shape index (κ2) is 8.47. The van der Waals surface area contributed by atoms with Gasteiger partial charge in [0.15, 0.2) is 0 Å². The highest BCUT2D eigenvalue weighted by Gasteiger charge is 2.07. The largest absolute Gasteiger partial charge is 0.481 e. The van der Waals surface area contributed by atoms with Crippen LogP contribution in [0.1, 0.15) is 18.9 Å². The van der Waals surface area contributed by atoms with Gasteiger partial charge in [-0.25, -0.2) is 4.79 Å². The lowest BCUT2D eigenvalue weighted by molar-refractivity contribution is -0.136. The van der Waals surface area contributed by atoms with Gasteiger partial charge in [0.1, 0.15) is 0 Å². The van der Waals surface area contributed by atoms with Crippen LogP contribution in [0.3, 0.4) is 0 Å². The molecule has 2 amide bonds. The number of carbonyl (C=O) groups is 2. The molecule has 110 valence electrons. The maximum Gasteiger partial charge on any atom is 0.319 e. The van der Waals surface area contributed by atoms with Crippen molar-refractivity contribution in [3.8, 4) is 0 Å². The minimum atomic E-state index is -0.827. The van der Waals surface area contributed by atoms with Crippen LogP contribution in [0.5, 0.6) is 0 Å². The summed E-state index contributed by atoms with van der Waals surface area (Å²) in [5.41, 5.74) is 1.56. The Balaban J connectivity index is 2.52. The molecular weight excluding hydrogens is 276 g/mol. The topological polar surface area (TPSA) is 78.4 Å². The molecule has 0 saturated carbocycles. The Bertz CT molecular complexity index is 465. The lowest BCUT2D eigenvalue weighted by atomic mass is 10.1. The average Bonchev–Trinajstić information content (AvgIpc) is 2.36. The summed E-state index contributed by atoms with van der Waals surface area (Å²) in [6, 6.07) is 7.08. The number of nitrogens with one attached hydrogen (secondary N) is 2. The molecule has 6 heteroatoms. The number of amides is 2. The minimum absolute atomic E-state index is 0.0837. The zero-order chi connectivity index (χ0) is 15.0. The number of hydrogen-bond acceptors (Lipinski definition) is 3. The summed E-state index contributed by atoms with van der Waals surface area (Å²) in [4.78, 5) is 22.3. The van der Waals surface area contributed by atoms with Crippen LogP contribution >= 0.6 is 11.8 Å². The number of aryl methyl sites for hydroxylation is 1. The first-order chi connectivity index (χ1) is 9.51. The quantitative estimate of drug-likeness (QED) is 0.722. The number of benzene rings is 1. The zero-order valence-electron chi connectivity index (χ0n) is 11.7. The van der Waals surface area contributed by atoms with Crippen molar-refractivity contribution in [3.05, 3.63) is 29.8 Å². The van der Waals surface area contributed by atoms with Gasteiger partial charge in [0.2, 0.25) is 0 Å². The van der Waals surface area contributed by atoms with Gasteiger partial charge in [-0.3, -0.25) is 4.79 Å². The van der Waals surface area contributed by atoms with Gasteiger partial charge in [-0.05, 0) is 37.3 Å². The van der Waals surface area contributed by atoms with Crippen LogP contribution < -0.4 is 10.6 Å². The van der Waals surface area contributed by atoms with E-state index in [1.807, 2.05) is 19.2 Å². The third-order valence-electron chi connectivity index (χ3n) is 2.61. The Morgan fingerprint density at radius 2 is 2.15 bits per heavy atom. The van der Waals surface area contributed by atoms with Crippen LogP contribution in [-0.2, 0) is 11.2 Å². The predicted octanol–water partition coefficient (Wildman–Crippen LogP) is 2.58. The highest BCUT2D eigenvalue weighted by Crippen LogP contribution is 2.12. The first kappa shape index (κ1) is 16.4. The van der Waals surface area contributed by atoms with Crippen molar-refractivity contribution in [2.75, 3.05) is 17.3 Å². The smallest absolute Gasteiger partial charge is 0.319 e. The molecule has 1 aromatic rings. The van der Waals surface area contributed by atoms with Crippen LogP contribution in [0.25, 0.3) is 0 Å². The first-order valence-electron chi connectivity index (χ1n) is 6.38. The van der Waals surface area contributed by atoms with Crippen molar-refractivity contribution in [1.29, 1.82) is 0 Å². The van der Waals surface area contributed by atoms with Crippen molar-refractivity contribution < 1.29 is 14.7 Å². The van der Waals surface area contributed by atoms with Gasteiger partial charge in [-0.1, -0.05) is 12.1 Å². The number of carboxylic acid groups (broad SMARTS) is 1. The number of urea groups is 1. The van der Waals surface area contributed by atoms with E-state index in [1.54, 1.807) is 30.0 Å². The van der Waals surface area contributed by atoms with Crippen molar-refractivity contribution >= 4 is 29.4 Å². The molecule has 0 saturated heterocycles. The van der Waals surface area contributed by atoms with Crippen LogP contribution in [0.15, 0.2) is 24.3 Å². The van der Waals surface area contributed by atoms with Gasteiger partial charge in [0.05, 0.1) is 0 Å². The fourth-order valence-corrected chi connectivity index (χ4v) is 2.32. The Hall–Kier alpha value is -1.69. The number of hydrogen-bond donors (Lipinski definition) is 3. The Morgan fingerprint density at radius 1 is 1.40 bits per heavy atom. The fourth-order valence-electron chi connectivity index (χ4n) is 1.74. The van der Waals surface area contributed by atoms with E-state index < -0.39 is 5.97 Å². The monoisotopic (exact) mass is 296 g/mol. The third kappa shape index (κ3) is 6.47. The maximum atomic E-state index is 11.7. The van der Waals surface area contributed by atoms with Crippen LogP contribution in [0, 0.1) is 0 Å². The van der Waals surface area contributed by atoms with Crippen molar-refractivity contribution in [1.82, 2.24) is 5.32 Å². The van der Waals surface area contributed by atoms with E-state index in [1.165, 1.54) is 0 Å². The highest BCUT2D eigenvalue weighted by atomic mass is 32.2. The van der Waals surface area contributed by atoms with Gasteiger partial charge in [0, 0.05) is 23.9 Å². The average molecular weight is 296 g/mol. The van der Waals surface area contributed by atoms with Gasteiger partial charge in [-0.2, -0.15) is 11.8 Å². The van der Waals surface area contributed by atoms with Crippen LogP contribution in [0.2, 0.25) is 0 Å². The highest BCUT2D eigenvalue weighted by molar-refractivity contribution is 7.98. The standard InChI is InChI=1S/C14H20N2O3S/c1-10(9-20-2)15-14(19)16-12-5-3-4-11(8-12)6-7-13(17)18/h3-5,8,10H,6-7,9H2,1-2H3,(H,17,18)(H2,15,16,19). The minimum Gasteiger partial charge on any atom is -0.481 e. The molecule has 0 bridgehead atoms. The summed E-state index contributed by atoms with van der Waals surface area (Å²) >= 11 is 1.67. The van der Waals surface area contributed by atoms with E-state index in [-0.39, 0.29) is 18.5 Å². The molecule has 5 nitrogen and oxygen atoms in total. The van der Waals surface area contributed by atoms with Gasteiger partial charge < -0.3 is 15.7 Å². The van der Waals surface area contributed by atoms with Gasteiger partial charge >= 0.3 is 12.0 Å². The molecule has 0 spiro atoms. The molecule has 20 heavy (non-hydrogen) atoms. The van der Waals surface area contributed by atoms with E-state index in [2.05, 4.69) is 10.6 Å². The first-order valence-corrected chi connectivity index (χ1v) is 7.78. The summed E-state index contributed by atoms with van der Waals surface area (Å²) in [7, 11) is 0. The van der Waals surface area contributed by atoms with Gasteiger partial charge in [0.25, 0.3) is 0 Å². The number of carbonyl (C=O) groups excluding carboxylic acids is 1. The molecule has 3 N–H and O–H groups in total. The Kier molecular flexibility index (Phi) is 6.93. The molecule has 0 aliphatic carbocycles. The lowest BCUT2D eigenvalue weighted by Crippen LogP contribution is -2.37. The number of aliphatic carboxylic acids is 1. The molecule has 1 unspecified atom stereocenters. The Labute approximate surface area is 123 Å². The molecule has 0 aliphatic heterocycles. The molecule has 0 heterocycles. The molecule has 0 aliphatic rings. The lowest BCUT2D eigenvalue weighted by Gasteiger charge is -2.13. The second-order valence-corrected chi connectivity index (χ2v) is 5.46. The maximum absolute atomic E-state index is 11.7. The normalized spacial score (nSPS) is 11.7. The molecule has 1 rings (SSSR count). The number of thioether (sulfide) groups is 1. The number of carboxylic acids is 1. The fraction of sp³-hybridized carbons (Fsp3) is 0.429. The third-order valence-corrected chi connectivity index (χ3v) is 3.44. The summed E-state index contributed by atoms with van der Waals surface area (Å²) in [6.45, 7) is 1.94. The summed E-state index contributed by atoms with van der Waals surface area (Å²) in [5.74, 6) is 0.0264. The Morgan fingerprint density at radius 3 is 2.80 bits per heavy atom. The molecule has 1 aromatic carbocycles. The van der Waals surface area contributed by atoms with Crippen molar-refractivity contribution in [2.24, 2.45) is 0 Å². The van der Waals surface area contributed by atoms with E-state index in [4.69, 9.17) is 5.11 Å². The molecule has 0 aromatic heterocycles. The SMILES string of the molecule is CSCC(C)NC(=O)Nc1cccc(CCC(=O)O)c1. The van der Waals surface area contributed by atoms with Crippen molar-refractivity contribution in [3.63, 3.8) is 0 Å². The molecular formula is C14H20N2O3S. The zero-order valence-corrected chi connectivity index (χ0v) is 12.5. The number of rotatable bonds is 7. The molecule has 0 radical (unpaired) electrons. The van der Waals surface area contributed by atoms with E-state index >= 15 is 0 Å². The van der Waals surface area contributed by atoms with Gasteiger partial charge in [-0.15, -0.1) is 0 Å². The van der Waals surface area contributed by atoms with Crippen LogP contribution in [-0.4, -0.2) is 35.2 Å². The van der Waals surface area contributed by atoms with E-state index in [9.17, 15) is 9.59 Å². The van der Waals surface area contributed by atoms with Crippen LogP contribution in [0.4, 0.5) is 10.5 Å². The summed E-state index contributed by atoms with van der Waals surface area (Å²) in [5, 5.41) is 14.2. The second-order valence-electron chi connectivity index (χ2n) is 4.55.